The largest absolute Gasteiger partial charge is 0.486 e. The highest BCUT2D eigenvalue weighted by molar-refractivity contribution is 5.72. The minimum absolute atomic E-state index is 0.0407. The lowest BCUT2D eigenvalue weighted by Crippen LogP contribution is -3.13. The van der Waals surface area contributed by atoms with Crippen LogP contribution in [0.15, 0.2) is 36.9 Å². The second-order valence-electron chi connectivity index (χ2n) is 5.92. The number of carbonyl (C=O) groups is 1. The summed E-state index contributed by atoms with van der Waals surface area (Å²) in [4.78, 5) is 13.2. The quantitative estimate of drug-likeness (QED) is 0.549. The molecule has 1 aliphatic rings. The van der Waals surface area contributed by atoms with Crippen LogP contribution in [0.1, 0.15) is 19.8 Å². The monoisotopic (exact) mass is 334 g/mol. The first kappa shape index (κ1) is 18.3. The molecule has 0 amide bonds. The first-order valence-corrected chi connectivity index (χ1v) is 8.70. The summed E-state index contributed by atoms with van der Waals surface area (Å²) in [6.45, 7) is 9.97. The van der Waals surface area contributed by atoms with Gasteiger partial charge >= 0.3 is 5.97 Å². The van der Waals surface area contributed by atoms with Gasteiger partial charge in [0.15, 0.2) is 11.5 Å². The molecule has 1 heterocycles. The molecule has 1 N–H and O–H groups in total. The van der Waals surface area contributed by atoms with Gasteiger partial charge in [0.05, 0.1) is 25.6 Å². The fraction of sp³-hybridized carbons (Fsp3) is 0.526. The van der Waals surface area contributed by atoms with E-state index in [0.717, 1.165) is 44.0 Å². The molecule has 24 heavy (non-hydrogen) atoms. The van der Waals surface area contributed by atoms with E-state index in [2.05, 4.69) is 6.58 Å². The summed E-state index contributed by atoms with van der Waals surface area (Å²) in [7, 11) is 0. The zero-order valence-electron chi connectivity index (χ0n) is 14.5. The molecule has 0 unspecified atom stereocenters. The van der Waals surface area contributed by atoms with Crippen molar-refractivity contribution < 1.29 is 23.9 Å². The average molecular weight is 334 g/mol. The van der Waals surface area contributed by atoms with Crippen molar-refractivity contribution in [2.75, 3.05) is 39.5 Å². The number of hydrogen-bond acceptors (Lipinski definition) is 4. The Labute approximate surface area is 144 Å². The van der Waals surface area contributed by atoms with E-state index in [1.807, 2.05) is 31.2 Å². The number of para-hydroxylation sites is 2. The van der Waals surface area contributed by atoms with E-state index in [1.54, 1.807) is 6.08 Å². The van der Waals surface area contributed by atoms with Crippen LogP contribution in [-0.2, 0) is 9.53 Å². The Kier molecular flexibility index (Phi) is 7.62. The second kappa shape index (κ2) is 9.98. The number of esters is 1. The normalized spacial score (nSPS) is 20.2. The third-order valence-corrected chi connectivity index (χ3v) is 4.23. The lowest BCUT2D eigenvalue weighted by Gasteiger charge is -2.28. The highest BCUT2D eigenvalue weighted by atomic mass is 16.5. The van der Waals surface area contributed by atoms with Crippen LogP contribution in [0.25, 0.3) is 0 Å². The number of nitrogens with one attached hydrogen (secondary N) is 1. The summed E-state index contributed by atoms with van der Waals surface area (Å²) in [6.07, 6.45) is 3.51. The van der Waals surface area contributed by atoms with Crippen molar-refractivity contribution in [2.24, 2.45) is 5.92 Å². The molecule has 0 radical (unpaired) electrons. The topological polar surface area (TPSA) is 49.2 Å². The molecule has 5 heteroatoms. The Morgan fingerprint density at radius 3 is 2.54 bits per heavy atom. The third kappa shape index (κ3) is 5.57. The van der Waals surface area contributed by atoms with Crippen LogP contribution in [0.3, 0.4) is 0 Å². The summed E-state index contributed by atoms with van der Waals surface area (Å²) in [5.41, 5.74) is 0. The number of ether oxygens (including phenoxy) is 3. The number of piperidine rings is 1. The standard InChI is InChI=1S/C19H27NO4/c1-3-14-23-17-7-5-6-8-18(17)24-15-13-20-11-9-16(10-12-20)19(21)22-4-2/h3,5-8,16H,1,4,9-15H2,2H3/p+1. The molecule has 0 aliphatic carbocycles. The number of likely N-dealkylation sites (tertiary alicyclic amines) is 1. The molecule has 1 aromatic carbocycles. The van der Waals surface area contributed by atoms with Crippen molar-refractivity contribution in [1.29, 1.82) is 0 Å². The maximum absolute atomic E-state index is 11.8. The molecular weight excluding hydrogens is 306 g/mol. The second-order valence-corrected chi connectivity index (χ2v) is 5.92. The van der Waals surface area contributed by atoms with Crippen molar-refractivity contribution in [3.05, 3.63) is 36.9 Å². The van der Waals surface area contributed by atoms with Crippen LogP contribution in [0.5, 0.6) is 11.5 Å². The minimum atomic E-state index is -0.0407. The van der Waals surface area contributed by atoms with Crippen molar-refractivity contribution in [2.45, 2.75) is 19.8 Å². The van der Waals surface area contributed by atoms with E-state index in [0.29, 0.717) is 19.8 Å². The Morgan fingerprint density at radius 1 is 1.25 bits per heavy atom. The number of rotatable bonds is 9. The van der Waals surface area contributed by atoms with E-state index in [1.165, 1.54) is 4.90 Å². The molecule has 0 bridgehead atoms. The van der Waals surface area contributed by atoms with E-state index >= 15 is 0 Å². The molecule has 0 atom stereocenters. The Balaban J connectivity index is 1.72. The highest BCUT2D eigenvalue weighted by Gasteiger charge is 2.28. The van der Waals surface area contributed by atoms with Gasteiger partial charge in [-0.1, -0.05) is 24.8 Å². The van der Waals surface area contributed by atoms with E-state index in [4.69, 9.17) is 14.2 Å². The molecule has 132 valence electrons. The third-order valence-electron chi connectivity index (χ3n) is 4.23. The number of hydrogen-bond donors (Lipinski definition) is 1. The van der Waals surface area contributed by atoms with Gasteiger partial charge in [0.2, 0.25) is 0 Å². The van der Waals surface area contributed by atoms with Crippen LogP contribution in [0.2, 0.25) is 0 Å². The highest BCUT2D eigenvalue weighted by Crippen LogP contribution is 2.26. The van der Waals surface area contributed by atoms with Crippen LogP contribution in [0, 0.1) is 5.92 Å². The zero-order valence-corrected chi connectivity index (χ0v) is 14.5. The molecule has 1 aromatic rings. The van der Waals surface area contributed by atoms with E-state index in [-0.39, 0.29) is 11.9 Å². The maximum Gasteiger partial charge on any atom is 0.309 e. The van der Waals surface area contributed by atoms with Crippen molar-refractivity contribution >= 4 is 5.97 Å². The van der Waals surface area contributed by atoms with Gasteiger partial charge in [-0.15, -0.1) is 0 Å². The van der Waals surface area contributed by atoms with Gasteiger partial charge in [-0.25, -0.2) is 0 Å². The fourth-order valence-corrected chi connectivity index (χ4v) is 2.91. The SMILES string of the molecule is C=CCOc1ccccc1OCC[NH+]1CCC(C(=O)OCC)CC1. The van der Waals surface area contributed by atoms with Gasteiger partial charge in [0, 0.05) is 12.8 Å². The smallest absolute Gasteiger partial charge is 0.309 e. The van der Waals surface area contributed by atoms with Gasteiger partial charge in [-0.2, -0.15) is 0 Å². The van der Waals surface area contributed by atoms with Gasteiger partial charge in [0.1, 0.15) is 19.8 Å². The van der Waals surface area contributed by atoms with Gasteiger partial charge < -0.3 is 19.1 Å². The lowest BCUT2D eigenvalue weighted by molar-refractivity contribution is -0.905. The van der Waals surface area contributed by atoms with Crippen LogP contribution in [-0.4, -0.2) is 45.4 Å². The summed E-state index contributed by atoms with van der Waals surface area (Å²) < 4.78 is 16.6. The van der Waals surface area contributed by atoms with Gasteiger partial charge in [-0.05, 0) is 19.1 Å². The predicted molar refractivity (Wildman–Crippen MR) is 92.5 cm³/mol. The molecule has 5 nitrogen and oxygen atoms in total. The molecule has 1 aliphatic heterocycles. The number of carbonyl (C=O) groups excluding carboxylic acids is 1. The van der Waals surface area contributed by atoms with E-state index < -0.39 is 0 Å². The average Bonchev–Trinajstić information content (AvgIpc) is 2.61. The Morgan fingerprint density at radius 2 is 1.92 bits per heavy atom. The Bertz CT molecular complexity index is 524. The molecule has 0 saturated carbocycles. The van der Waals surface area contributed by atoms with Gasteiger partial charge in [0.25, 0.3) is 0 Å². The molecule has 0 aromatic heterocycles. The van der Waals surface area contributed by atoms with Crippen LogP contribution >= 0.6 is 0 Å². The Hall–Kier alpha value is -2.01. The predicted octanol–water partition coefficient (Wildman–Crippen LogP) is 1.49. The number of benzene rings is 1. The molecule has 1 saturated heterocycles. The molecule has 1 fully saturated rings. The van der Waals surface area contributed by atoms with E-state index in [9.17, 15) is 4.79 Å². The fourth-order valence-electron chi connectivity index (χ4n) is 2.91. The van der Waals surface area contributed by atoms with Crippen molar-refractivity contribution in [3.8, 4) is 11.5 Å². The van der Waals surface area contributed by atoms with Crippen molar-refractivity contribution in [3.63, 3.8) is 0 Å². The molecular formula is C19H28NO4+. The summed E-state index contributed by atoms with van der Waals surface area (Å²) >= 11 is 0. The van der Waals surface area contributed by atoms with Crippen LogP contribution < -0.4 is 14.4 Å². The first-order valence-electron chi connectivity index (χ1n) is 8.70. The zero-order chi connectivity index (χ0) is 17.2. The first-order chi connectivity index (χ1) is 11.7. The summed E-state index contributed by atoms with van der Waals surface area (Å²) in [5, 5.41) is 0. The molecule has 2 rings (SSSR count). The summed E-state index contributed by atoms with van der Waals surface area (Å²) in [6, 6.07) is 7.68. The minimum Gasteiger partial charge on any atom is -0.486 e. The molecule has 0 spiro atoms. The van der Waals surface area contributed by atoms with Crippen molar-refractivity contribution in [1.82, 2.24) is 0 Å². The summed E-state index contributed by atoms with van der Waals surface area (Å²) in [5.74, 6) is 1.54. The maximum atomic E-state index is 11.8. The van der Waals surface area contributed by atoms with Gasteiger partial charge in [-0.3, -0.25) is 4.79 Å². The number of quaternary nitrogens is 1. The van der Waals surface area contributed by atoms with Crippen LogP contribution in [0.4, 0.5) is 0 Å². The lowest BCUT2D eigenvalue weighted by atomic mass is 9.97.